The highest BCUT2D eigenvalue weighted by molar-refractivity contribution is 7.92. The van der Waals surface area contributed by atoms with Gasteiger partial charge in [-0.2, -0.15) is 0 Å². The highest BCUT2D eigenvalue weighted by Crippen LogP contribution is 2.23. The van der Waals surface area contributed by atoms with Gasteiger partial charge < -0.3 is 5.32 Å². The van der Waals surface area contributed by atoms with E-state index in [-0.39, 0.29) is 10.8 Å². The maximum atomic E-state index is 12.7. The number of amides is 1. The van der Waals surface area contributed by atoms with Gasteiger partial charge in [0.1, 0.15) is 0 Å². The van der Waals surface area contributed by atoms with Crippen molar-refractivity contribution in [1.82, 2.24) is 0 Å². The minimum atomic E-state index is -3.65. The van der Waals surface area contributed by atoms with Gasteiger partial charge >= 0.3 is 0 Å². The van der Waals surface area contributed by atoms with Crippen LogP contribution in [0.4, 0.5) is 11.4 Å². The van der Waals surface area contributed by atoms with Crippen molar-refractivity contribution in [3.05, 3.63) is 54.6 Å². The third kappa shape index (κ3) is 3.94. The molecule has 0 unspecified atom stereocenters. The van der Waals surface area contributed by atoms with Crippen LogP contribution < -0.4 is 9.62 Å². The molecule has 0 heterocycles. The molecule has 128 valence electrons. The molecule has 5 nitrogen and oxygen atoms in total. The van der Waals surface area contributed by atoms with Crippen molar-refractivity contribution in [2.75, 3.05) is 16.7 Å². The van der Waals surface area contributed by atoms with Gasteiger partial charge in [-0.05, 0) is 36.4 Å². The lowest BCUT2D eigenvalue weighted by Gasteiger charge is -2.20. The smallest absolute Gasteiger partial charge is 0.264 e. The molecule has 24 heavy (non-hydrogen) atoms. The largest absolute Gasteiger partial charge is 0.326 e. The minimum absolute atomic E-state index is 0.125. The average molecular weight is 346 g/mol. The fourth-order valence-corrected chi connectivity index (χ4v) is 3.16. The number of benzene rings is 2. The number of sulfonamides is 1. The third-order valence-electron chi connectivity index (χ3n) is 3.57. The Labute approximate surface area is 143 Å². The molecule has 2 rings (SSSR count). The number of carbonyl (C=O) groups excluding carboxylic acids is 1. The second kappa shape index (κ2) is 6.65. The predicted octanol–water partition coefficient (Wildman–Crippen LogP) is 3.50. The molecule has 0 radical (unpaired) electrons. The van der Waals surface area contributed by atoms with Crippen LogP contribution in [-0.2, 0) is 14.8 Å². The van der Waals surface area contributed by atoms with Crippen LogP contribution in [0.2, 0.25) is 0 Å². The zero-order valence-corrected chi connectivity index (χ0v) is 15.1. The number of hydrogen-bond donors (Lipinski definition) is 1. The molecule has 0 aliphatic carbocycles. The summed E-state index contributed by atoms with van der Waals surface area (Å²) in [5, 5.41) is 2.77. The maximum absolute atomic E-state index is 12.7. The first-order chi connectivity index (χ1) is 11.1. The Balaban J connectivity index is 2.22. The Morgan fingerprint density at radius 3 is 2.00 bits per heavy atom. The van der Waals surface area contributed by atoms with E-state index in [0.29, 0.717) is 11.4 Å². The van der Waals surface area contributed by atoms with Gasteiger partial charge in [-0.15, -0.1) is 0 Å². The maximum Gasteiger partial charge on any atom is 0.264 e. The minimum Gasteiger partial charge on any atom is -0.326 e. The van der Waals surface area contributed by atoms with E-state index in [4.69, 9.17) is 0 Å². The van der Waals surface area contributed by atoms with E-state index < -0.39 is 15.4 Å². The summed E-state index contributed by atoms with van der Waals surface area (Å²) in [4.78, 5) is 12.1. The number of para-hydroxylation sites is 1. The normalized spacial score (nSPS) is 11.8. The number of carbonyl (C=O) groups is 1. The lowest BCUT2D eigenvalue weighted by atomic mass is 9.95. The SMILES string of the molecule is CN(c1ccccc1)S(=O)(=O)c1ccc(NC(=O)C(C)(C)C)cc1. The molecule has 0 fully saturated rings. The van der Waals surface area contributed by atoms with Crippen molar-refractivity contribution in [1.29, 1.82) is 0 Å². The van der Waals surface area contributed by atoms with E-state index in [0.717, 1.165) is 0 Å². The molecule has 6 heteroatoms. The second-order valence-corrected chi connectivity index (χ2v) is 8.51. The number of rotatable bonds is 4. The average Bonchev–Trinajstić information content (AvgIpc) is 2.54. The molecule has 0 saturated heterocycles. The van der Waals surface area contributed by atoms with Gasteiger partial charge in [0.05, 0.1) is 10.6 Å². The van der Waals surface area contributed by atoms with Gasteiger partial charge in [0.2, 0.25) is 5.91 Å². The van der Waals surface area contributed by atoms with E-state index in [2.05, 4.69) is 5.32 Å². The summed E-state index contributed by atoms with van der Waals surface area (Å²) >= 11 is 0. The number of nitrogens with zero attached hydrogens (tertiary/aromatic N) is 1. The first-order valence-corrected chi connectivity index (χ1v) is 9.02. The molecule has 1 amide bonds. The molecule has 0 spiro atoms. The Morgan fingerprint density at radius 1 is 0.958 bits per heavy atom. The third-order valence-corrected chi connectivity index (χ3v) is 5.37. The van der Waals surface area contributed by atoms with Crippen LogP contribution in [0.25, 0.3) is 0 Å². The van der Waals surface area contributed by atoms with Crippen molar-refractivity contribution < 1.29 is 13.2 Å². The zero-order chi connectivity index (χ0) is 18.0. The van der Waals surface area contributed by atoms with Gasteiger partial charge in [0, 0.05) is 18.2 Å². The van der Waals surface area contributed by atoms with Crippen LogP contribution in [0.1, 0.15) is 20.8 Å². The highest BCUT2D eigenvalue weighted by Gasteiger charge is 2.23. The van der Waals surface area contributed by atoms with Crippen molar-refractivity contribution in [3.8, 4) is 0 Å². The fourth-order valence-electron chi connectivity index (χ4n) is 1.96. The summed E-state index contributed by atoms with van der Waals surface area (Å²) in [5.74, 6) is -0.125. The van der Waals surface area contributed by atoms with Gasteiger partial charge in [0.15, 0.2) is 0 Å². The lowest BCUT2D eigenvalue weighted by Crippen LogP contribution is -2.28. The Morgan fingerprint density at radius 2 is 1.50 bits per heavy atom. The van der Waals surface area contributed by atoms with Crippen LogP contribution in [0.3, 0.4) is 0 Å². The summed E-state index contributed by atoms with van der Waals surface area (Å²) in [6.07, 6.45) is 0. The molecule has 0 bridgehead atoms. The molecule has 1 N–H and O–H groups in total. The quantitative estimate of drug-likeness (QED) is 0.921. The van der Waals surface area contributed by atoms with Crippen LogP contribution in [0, 0.1) is 5.41 Å². The molecule has 0 aliphatic heterocycles. The molecule has 2 aromatic carbocycles. The molecule has 2 aromatic rings. The number of nitrogens with one attached hydrogen (secondary N) is 1. The van der Waals surface area contributed by atoms with E-state index in [9.17, 15) is 13.2 Å². The fraction of sp³-hybridized carbons (Fsp3) is 0.278. The molecular formula is C18H22N2O3S. The lowest BCUT2D eigenvalue weighted by molar-refractivity contribution is -0.123. The van der Waals surface area contributed by atoms with E-state index in [1.165, 1.54) is 23.5 Å². The number of hydrogen-bond acceptors (Lipinski definition) is 3. The van der Waals surface area contributed by atoms with Crippen molar-refractivity contribution in [2.45, 2.75) is 25.7 Å². The molecule has 0 atom stereocenters. The van der Waals surface area contributed by atoms with Crippen LogP contribution >= 0.6 is 0 Å². The summed E-state index contributed by atoms with van der Waals surface area (Å²) in [6, 6.07) is 15.0. The van der Waals surface area contributed by atoms with Crippen LogP contribution in [0.5, 0.6) is 0 Å². The van der Waals surface area contributed by atoms with E-state index >= 15 is 0 Å². The van der Waals surface area contributed by atoms with Gasteiger partial charge in [0.25, 0.3) is 10.0 Å². The highest BCUT2D eigenvalue weighted by atomic mass is 32.2. The second-order valence-electron chi connectivity index (χ2n) is 6.54. The van der Waals surface area contributed by atoms with E-state index in [1.54, 1.807) is 36.4 Å². The van der Waals surface area contributed by atoms with Crippen LogP contribution in [-0.4, -0.2) is 21.4 Å². The summed E-state index contributed by atoms with van der Waals surface area (Å²) in [7, 11) is -2.13. The van der Waals surface area contributed by atoms with Crippen molar-refractivity contribution in [2.24, 2.45) is 5.41 Å². The Kier molecular flexibility index (Phi) is 4.99. The van der Waals surface area contributed by atoms with Gasteiger partial charge in [-0.1, -0.05) is 39.0 Å². The first-order valence-electron chi connectivity index (χ1n) is 7.58. The number of anilines is 2. The summed E-state index contributed by atoms with van der Waals surface area (Å²) < 4.78 is 26.6. The molecule has 0 aromatic heterocycles. The molecular weight excluding hydrogens is 324 g/mol. The standard InChI is InChI=1S/C18H22N2O3S/c1-18(2,3)17(21)19-14-10-12-16(13-11-14)24(22,23)20(4)15-8-6-5-7-9-15/h5-13H,1-4H3,(H,19,21). The molecule has 0 saturated carbocycles. The van der Waals surface area contributed by atoms with Gasteiger partial charge in [-0.3, -0.25) is 9.10 Å². The Hall–Kier alpha value is -2.34. The van der Waals surface area contributed by atoms with Crippen LogP contribution in [0.15, 0.2) is 59.5 Å². The summed E-state index contributed by atoms with van der Waals surface area (Å²) in [6.45, 7) is 5.45. The van der Waals surface area contributed by atoms with E-state index in [1.807, 2.05) is 26.8 Å². The van der Waals surface area contributed by atoms with Crippen molar-refractivity contribution >= 4 is 27.3 Å². The summed E-state index contributed by atoms with van der Waals surface area (Å²) in [5.41, 5.74) is 0.636. The van der Waals surface area contributed by atoms with Gasteiger partial charge in [-0.25, -0.2) is 8.42 Å². The zero-order valence-electron chi connectivity index (χ0n) is 14.3. The molecule has 0 aliphatic rings. The topological polar surface area (TPSA) is 66.5 Å². The first kappa shape index (κ1) is 18.0. The van der Waals surface area contributed by atoms with Crippen molar-refractivity contribution in [3.63, 3.8) is 0 Å². The monoisotopic (exact) mass is 346 g/mol. The Bertz CT molecular complexity index is 808. The predicted molar refractivity (Wildman–Crippen MR) is 96.6 cm³/mol.